The van der Waals surface area contributed by atoms with E-state index in [2.05, 4.69) is 29.7 Å². The standard InChI is InChI=1S/C14H18N2O2/c1-2-15-7-14(8-18-9-14)11-3-4-12-10(5-11)6-13(17)16-12/h3-5,15H,2,6-9H2,1H3,(H,16,17). The van der Waals surface area contributed by atoms with Gasteiger partial charge < -0.3 is 15.4 Å². The van der Waals surface area contributed by atoms with E-state index in [1.807, 2.05) is 6.07 Å². The lowest BCUT2D eigenvalue weighted by Crippen LogP contribution is -2.53. The molecule has 0 saturated carbocycles. The molecule has 2 heterocycles. The van der Waals surface area contributed by atoms with E-state index >= 15 is 0 Å². The summed E-state index contributed by atoms with van der Waals surface area (Å²) in [5, 5.41) is 6.27. The van der Waals surface area contributed by atoms with Gasteiger partial charge in [0.15, 0.2) is 0 Å². The number of anilines is 1. The summed E-state index contributed by atoms with van der Waals surface area (Å²) in [5.74, 6) is 0.0905. The molecule has 2 N–H and O–H groups in total. The molecule has 0 aromatic heterocycles. The van der Waals surface area contributed by atoms with Gasteiger partial charge in [0.25, 0.3) is 0 Å². The van der Waals surface area contributed by atoms with Crippen molar-refractivity contribution in [1.82, 2.24) is 5.32 Å². The highest BCUT2D eigenvalue weighted by molar-refractivity contribution is 5.99. The third-order valence-electron chi connectivity index (χ3n) is 3.81. The van der Waals surface area contributed by atoms with Crippen molar-refractivity contribution in [3.05, 3.63) is 29.3 Å². The highest BCUT2D eigenvalue weighted by atomic mass is 16.5. The Morgan fingerprint density at radius 3 is 2.94 bits per heavy atom. The zero-order chi connectivity index (χ0) is 12.6. The normalized spacial score (nSPS) is 20.2. The predicted octanol–water partition coefficient (Wildman–Crippen LogP) is 1.06. The first-order chi connectivity index (χ1) is 8.73. The van der Waals surface area contributed by atoms with Crippen LogP contribution in [0.3, 0.4) is 0 Å². The molecular formula is C14H18N2O2. The molecule has 2 aliphatic heterocycles. The molecule has 0 atom stereocenters. The van der Waals surface area contributed by atoms with E-state index < -0.39 is 0 Å². The van der Waals surface area contributed by atoms with Gasteiger partial charge >= 0.3 is 0 Å². The Labute approximate surface area is 107 Å². The van der Waals surface area contributed by atoms with Crippen molar-refractivity contribution in [1.29, 1.82) is 0 Å². The summed E-state index contributed by atoms with van der Waals surface area (Å²) < 4.78 is 5.41. The Kier molecular flexibility index (Phi) is 2.84. The van der Waals surface area contributed by atoms with Gasteiger partial charge in [-0.3, -0.25) is 4.79 Å². The average Bonchev–Trinajstić information content (AvgIpc) is 2.67. The van der Waals surface area contributed by atoms with Crippen molar-refractivity contribution in [2.75, 3.05) is 31.6 Å². The Bertz CT molecular complexity index is 481. The van der Waals surface area contributed by atoms with Crippen molar-refractivity contribution in [2.24, 2.45) is 0 Å². The average molecular weight is 246 g/mol. The number of benzene rings is 1. The van der Waals surface area contributed by atoms with E-state index in [1.54, 1.807) is 0 Å². The molecule has 3 rings (SSSR count). The number of carbonyl (C=O) groups is 1. The molecule has 0 bridgehead atoms. The Hall–Kier alpha value is -1.39. The fourth-order valence-corrected chi connectivity index (χ4v) is 2.64. The number of nitrogens with one attached hydrogen (secondary N) is 2. The lowest BCUT2D eigenvalue weighted by Gasteiger charge is -2.42. The maximum Gasteiger partial charge on any atom is 0.228 e. The van der Waals surface area contributed by atoms with Crippen molar-refractivity contribution in [3.8, 4) is 0 Å². The molecule has 1 fully saturated rings. The molecule has 0 radical (unpaired) electrons. The van der Waals surface area contributed by atoms with Gasteiger partial charge in [-0.05, 0) is 23.7 Å². The van der Waals surface area contributed by atoms with Crippen LogP contribution in [0.25, 0.3) is 0 Å². The van der Waals surface area contributed by atoms with Crippen LogP contribution >= 0.6 is 0 Å². The number of likely N-dealkylation sites (N-methyl/N-ethyl adjacent to an activating group) is 1. The molecule has 96 valence electrons. The Morgan fingerprint density at radius 2 is 2.28 bits per heavy atom. The maximum absolute atomic E-state index is 11.4. The van der Waals surface area contributed by atoms with Crippen molar-refractivity contribution < 1.29 is 9.53 Å². The van der Waals surface area contributed by atoms with Crippen LogP contribution in [0, 0.1) is 0 Å². The van der Waals surface area contributed by atoms with Crippen molar-refractivity contribution >= 4 is 11.6 Å². The summed E-state index contributed by atoms with van der Waals surface area (Å²) in [6.07, 6.45) is 0.501. The van der Waals surface area contributed by atoms with E-state index in [-0.39, 0.29) is 11.3 Å². The van der Waals surface area contributed by atoms with Gasteiger partial charge in [0.05, 0.1) is 25.0 Å². The van der Waals surface area contributed by atoms with Crippen LogP contribution in [-0.2, 0) is 21.4 Å². The molecule has 1 aromatic rings. The number of fused-ring (bicyclic) bond motifs is 1. The number of carbonyl (C=O) groups excluding carboxylic acids is 1. The smallest absolute Gasteiger partial charge is 0.228 e. The molecular weight excluding hydrogens is 228 g/mol. The minimum Gasteiger partial charge on any atom is -0.379 e. The first kappa shape index (κ1) is 11.7. The molecule has 18 heavy (non-hydrogen) atoms. The second-order valence-corrected chi connectivity index (χ2v) is 5.15. The van der Waals surface area contributed by atoms with Crippen LogP contribution < -0.4 is 10.6 Å². The number of hydrogen-bond acceptors (Lipinski definition) is 3. The van der Waals surface area contributed by atoms with Gasteiger partial charge in [-0.25, -0.2) is 0 Å². The zero-order valence-electron chi connectivity index (χ0n) is 10.6. The Morgan fingerprint density at radius 1 is 1.44 bits per heavy atom. The quantitative estimate of drug-likeness (QED) is 0.835. The molecule has 4 nitrogen and oxygen atoms in total. The van der Waals surface area contributed by atoms with Gasteiger partial charge in [-0.15, -0.1) is 0 Å². The minimum absolute atomic E-state index is 0.0905. The van der Waals surface area contributed by atoms with Gasteiger partial charge in [0, 0.05) is 12.2 Å². The van der Waals surface area contributed by atoms with Crippen molar-refractivity contribution in [3.63, 3.8) is 0 Å². The van der Waals surface area contributed by atoms with Crippen LogP contribution in [0.5, 0.6) is 0 Å². The monoisotopic (exact) mass is 246 g/mol. The van der Waals surface area contributed by atoms with Crippen LogP contribution in [0.4, 0.5) is 5.69 Å². The summed E-state index contributed by atoms with van der Waals surface area (Å²) in [4.78, 5) is 11.4. The molecule has 1 amide bonds. The van der Waals surface area contributed by atoms with Crippen LogP contribution in [0.1, 0.15) is 18.1 Å². The number of ether oxygens (including phenoxy) is 1. The highest BCUT2D eigenvalue weighted by Crippen LogP contribution is 2.35. The molecule has 0 aliphatic carbocycles. The number of rotatable bonds is 4. The topological polar surface area (TPSA) is 50.4 Å². The molecule has 0 unspecified atom stereocenters. The predicted molar refractivity (Wildman–Crippen MR) is 69.8 cm³/mol. The van der Waals surface area contributed by atoms with Crippen LogP contribution in [0.2, 0.25) is 0 Å². The third-order valence-corrected chi connectivity index (χ3v) is 3.81. The molecule has 4 heteroatoms. The lowest BCUT2D eigenvalue weighted by molar-refractivity contribution is -0.115. The molecule has 1 saturated heterocycles. The first-order valence-electron chi connectivity index (χ1n) is 6.45. The number of amides is 1. The van der Waals surface area contributed by atoms with E-state index in [4.69, 9.17) is 4.74 Å². The van der Waals surface area contributed by atoms with E-state index in [0.717, 1.165) is 37.6 Å². The number of hydrogen-bond donors (Lipinski definition) is 2. The van der Waals surface area contributed by atoms with E-state index in [1.165, 1.54) is 5.56 Å². The highest BCUT2D eigenvalue weighted by Gasteiger charge is 2.40. The third kappa shape index (κ3) is 1.82. The van der Waals surface area contributed by atoms with Crippen LogP contribution in [-0.4, -0.2) is 32.2 Å². The fourth-order valence-electron chi connectivity index (χ4n) is 2.64. The zero-order valence-corrected chi connectivity index (χ0v) is 10.6. The fraction of sp³-hybridized carbons (Fsp3) is 0.500. The summed E-state index contributed by atoms with van der Waals surface area (Å²) in [6.45, 7) is 5.54. The maximum atomic E-state index is 11.4. The summed E-state index contributed by atoms with van der Waals surface area (Å²) >= 11 is 0. The molecule has 1 aromatic carbocycles. The van der Waals surface area contributed by atoms with E-state index in [9.17, 15) is 4.79 Å². The summed E-state index contributed by atoms with van der Waals surface area (Å²) in [5.41, 5.74) is 3.45. The van der Waals surface area contributed by atoms with Gasteiger partial charge in [0.1, 0.15) is 0 Å². The molecule has 2 aliphatic rings. The lowest BCUT2D eigenvalue weighted by atomic mass is 9.78. The second kappa shape index (κ2) is 4.37. The van der Waals surface area contributed by atoms with Crippen molar-refractivity contribution in [2.45, 2.75) is 18.8 Å². The van der Waals surface area contributed by atoms with E-state index in [0.29, 0.717) is 6.42 Å². The van der Waals surface area contributed by atoms with Gasteiger partial charge in [-0.1, -0.05) is 19.1 Å². The Balaban J connectivity index is 1.88. The van der Waals surface area contributed by atoms with Gasteiger partial charge in [0.2, 0.25) is 5.91 Å². The van der Waals surface area contributed by atoms with Crippen LogP contribution in [0.15, 0.2) is 18.2 Å². The largest absolute Gasteiger partial charge is 0.379 e. The minimum atomic E-state index is 0.0905. The SMILES string of the molecule is CCNCC1(c2ccc3c(c2)CC(=O)N3)COC1. The summed E-state index contributed by atoms with van der Waals surface area (Å²) in [7, 11) is 0. The second-order valence-electron chi connectivity index (χ2n) is 5.15. The van der Waals surface area contributed by atoms with Gasteiger partial charge in [-0.2, -0.15) is 0 Å². The summed E-state index contributed by atoms with van der Waals surface area (Å²) in [6, 6.07) is 6.29. The molecule has 0 spiro atoms. The first-order valence-corrected chi connectivity index (χ1v) is 6.45.